The summed E-state index contributed by atoms with van der Waals surface area (Å²) in [6, 6.07) is 5.92. The first-order valence-electron chi connectivity index (χ1n) is 7.40. The molecule has 1 aromatic rings. The summed E-state index contributed by atoms with van der Waals surface area (Å²) in [6.07, 6.45) is 2.54. The lowest BCUT2D eigenvalue weighted by molar-refractivity contribution is -0.134. The minimum absolute atomic E-state index is 0.00494. The van der Waals surface area contributed by atoms with Crippen molar-refractivity contribution >= 4 is 11.7 Å². The Morgan fingerprint density at radius 3 is 2.57 bits per heavy atom. The van der Waals surface area contributed by atoms with Crippen LogP contribution in [0.2, 0.25) is 0 Å². The van der Waals surface area contributed by atoms with E-state index in [1.165, 1.54) is 12.1 Å². The first-order chi connectivity index (χ1) is 9.85. The molecule has 0 saturated carbocycles. The standard InChI is InChI=1S/C17H22FNO2/c1-17(2)8-7-16(21)19(10-9-17)12-15(20)11-13-3-5-14(18)6-4-13/h3-6H,7-12H2,1-2H3. The Labute approximate surface area is 125 Å². The molecule has 1 aromatic carbocycles. The third-order valence-corrected chi connectivity index (χ3v) is 4.11. The maximum Gasteiger partial charge on any atom is 0.222 e. The number of rotatable bonds is 4. The highest BCUT2D eigenvalue weighted by atomic mass is 19.1. The molecule has 2 rings (SSSR count). The minimum Gasteiger partial charge on any atom is -0.335 e. The molecule has 0 radical (unpaired) electrons. The van der Waals surface area contributed by atoms with Crippen molar-refractivity contribution in [2.75, 3.05) is 13.1 Å². The Hall–Kier alpha value is -1.71. The average molecular weight is 291 g/mol. The molecule has 0 aliphatic carbocycles. The summed E-state index contributed by atoms with van der Waals surface area (Å²) in [5.41, 5.74) is 0.939. The minimum atomic E-state index is -0.309. The van der Waals surface area contributed by atoms with Gasteiger partial charge < -0.3 is 4.90 Å². The first kappa shape index (κ1) is 15.7. The fourth-order valence-electron chi connectivity index (χ4n) is 2.56. The number of amides is 1. The van der Waals surface area contributed by atoms with Crippen molar-refractivity contribution < 1.29 is 14.0 Å². The number of Topliss-reactive ketones (excluding diaryl/α,β-unsaturated/α-hetero) is 1. The van der Waals surface area contributed by atoms with Gasteiger partial charge in [0.05, 0.1) is 6.54 Å². The Balaban J connectivity index is 1.92. The molecule has 4 heteroatoms. The topological polar surface area (TPSA) is 37.4 Å². The van der Waals surface area contributed by atoms with Gasteiger partial charge in [-0.1, -0.05) is 26.0 Å². The lowest BCUT2D eigenvalue weighted by atomic mass is 9.85. The van der Waals surface area contributed by atoms with E-state index in [1.54, 1.807) is 17.0 Å². The van der Waals surface area contributed by atoms with Gasteiger partial charge in [0.15, 0.2) is 5.78 Å². The SMILES string of the molecule is CC1(C)CCC(=O)N(CC(=O)Cc2ccc(F)cc2)CC1. The lowest BCUT2D eigenvalue weighted by Gasteiger charge is -2.23. The summed E-state index contributed by atoms with van der Waals surface area (Å²) in [6.45, 7) is 5.11. The van der Waals surface area contributed by atoms with Crippen LogP contribution in [0, 0.1) is 11.2 Å². The number of benzene rings is 1. The van der Waals surface area contributed by atoms with Crippen LogP contribution >= 0.6 is 0 Å². The van der Waals surface area contributed by atoms with Crippen LogP contribution in [0.3, 0.4) is 0 Å². The van der Waals surface area contributed by atoms with Crippen molar-refractivity contribution in [2.24, 2.45) is 5.41 Å². The Morgan fingerprint density at radius 2 is 1.90 bits per heavy atom. The van der Waals surface area contributed by atoms with E-state index < -0.39 is 0 Å². The molecular weight excluding hydrogens is 269 g/mol. The zero-order chi connectivity index (χ0) is 15.5. The van der Waals surface area contributed by atoms with E-state index in [0.29, 0.717) is 13.0 Å². The molecule has 1 amide bonds. The largest absolute Gasteiger partial charge is 0.335 e. The monoisotopic (exact) mass is 291 g/mol. The van der Waals surface area contributed by atoms with Crippen LogP contribution in [0.15, 0.2) is 24.3 Å². The highest BCUT2D eigenvalue weighted by molar-refractivity contribution is 5.87. The van der Waals surface area contributed by atoms with E-state index in [9.17, 15) is 14.0 Å². The van der Waals surface area contributed by atoms with E-state index in [0.717, 1.165) is 18.4 Å². The zero-order valence-corrected chi connectivity index (χ0v) is 12.7. The number of nitrogens with zero attached hydrogens (tertiary/aromatic N) is 1. The molecule has 0 N–H and O–H groups in total. The molecule has 0 aromatic heterocycles. The van der Waals surface area contributed by atoms with Crippen LogP contribution in [-0.2, 0) is 16.0 Å². The predicted molar refractivity (Wildman–Crippen MR) is 79.3 cm³/mol. The van der Waals surface area contributed by atoms with Crippen molar-refractivity contribution in [3.8, 4) is 0 Å². The number of hydrogen-bond donors (Lipinski definition) is 0. The van der Waals surface area contributed by atoms with Gasteiger partial charge in [-0.05, 0) is 36.0 Å². The van der Waals surface area contributed by atoms with Gasteiger partial charge in [0.2, 0.25) is 5.91 Å². The average Bonchev–Trinajstić information content (AvgIpc) is 2.55. The second-order valence-corrected chi connectivity index (χ2v) is 6.57. The van der Waals surface area contributed by atoms with E-state index in [2.05, 4.69) is 13.8 Å². The third kappa shape index (κ3) is 4.66. The molecule has 1 heterocycles. The number of hydrogen-bond acceptors (Lipinski definition) is 2. The van der Waals surface area contributed by atoms with Crippen molar-refractivity contribution in [2.45, 2.75) is 39.5 Å². The molecule has 1 aliphatic heterocycles. The van der Waals surface area contributed by atoms with Crippen LogP contribution in [0.4, 0.5) is 4.39 Å². The highest BCUT2D eigenvalue weighted by Gasteiger charge is 2.28. The van der Waals surface area contributed by atoms with Gasteiger partial charge in [-0.2, -0.15) is 0 Å². The molecule has 3 nitrogen and oxygen atoms in total. The van der Waals surface area contributed by atoms with E-state index in [4.69, 9.17) is 0 Å². The normalized spacial score (nSPS) is 18.4. The van der Waals surface area contributed by atoms with Gasteiger partial charge in [-0.25, -0.2) is 4.39 Å². The number of halogens is 1. The van der Waals surface area contributed by atoms with Gasteiger partial charge in [0.1, 0.15) is 5.82 Å². The van der Waals surface area contributed by atoms with Crippen LogP contribution in [0.25, 0.3) is 0 Å². The highest BCUT2D eigenvalue weighted by Crippen LogP contribution is 2.30. The fraction of sp³-hybridized carbons (Fsp3) is 0.529. The maximum atomic E-state index is 12.8. The van der Waals surface area contributed by atoms with Crippen molar-refractivity contribution in [3.05, 3.63) is 35.6 Å². The van der Waals surface area contributed by atoms with Crippen molar-refractivity contribution in [1.29, 1.82) is 0 Å². The molecular formula is C17H22FNO2. The Morgan fingerprint density at radius 1 is 1.24 bits per heavy atom. The third-order valence-electron chi connectivity index (χ3n) is 4.11. The number of ketones is 1. The summed E-state index contributed by atoms with van der Waals surface area (Å²) in [4.78, 5) is 25.8. The molecule has 21 heavy (non-hydrogen) atoms. The molecule has 0 atom stereocenters. The smallest absolute Gasteiger partial charge is 0.222 e. The molecule has 1 aliphatic rings. The first-order valence-corrected chi connectivity index (χ1v) is 7.40. The van der Waals surface area contributed by atoms with E-state index in [-0.39, 0.29) is 35.9 Å². The second-order valence-electron chi connectivity index (χ2n) is 6.57. The molecule has 0 spiro atoms. The quantitative estimate of drug-likeness (QED) is 0.855. The number of carbonyl (C=O) groups is 2. The van der Waals surface area contributed by atoms with Gasteiger partial charge in [0, 0.05) is 19.4 Å². The summed E-state index contributed by atoms with van der Waals surface area (Å²) in [7, 11) is 0. The lowest BCUT2D eigenvalue weighted by Crippen LogP contribution is -2.36. The molecule has 0 unspecified atom stereocenters. The van der Waals surface area contributed by atoms with Gasteiger partial charge in [0.25, 0.3) is 0 Å². The van der Waals surface area contributed by atoms with Crippen LogP contribution in [0.5, 0.6) is 0 Å². The zero-order valence-electron chi connectivity index (χ0n) is 12.7. The maximum absolute atomic E-state index is 12.8. The molecule has 1 fully saturated rings. The van der Waals surface area contributed by atoms with Gasteiger partial charge >= 0.3 is 0 Å². The second kappa shape index (κ2) is 6.37. The Kier molecular flexibility index (Phi) is 4.76. The summed E-state index contributed by atoms with van der Waals surface area (Å²) in [5.74, 6) is -0.251. The molecule has 1 saturated heterocycles. The fourth-order valence-corrected chi connectivity index (χ4v) is 2.56. The van der Waals surface area contributed by atoms with E-state index in [1.807, 2.05) is 0 Å². The molecule has 0 bridgehead atoms. The van der Waals surface area contributed by atoms with Crippen LogP contribution in [-0.4, -0.2) is 29.7 Å². The van der Waals surface area contributed by atoms with Crippen LogP contribution < -0.4 is 0 Å². The van der Waals surface area contributed by atoms with Gasteiger partial charge in [-0.3, -0.25) is 9.59 Å². The number of carbonyl (C=O) groups excluding carboxylic acids is 2. The van der Waals surface area contributed by atoms with Gasteiger partial charge in [-0.15, -0.1) is 0 Å². The summed E-state index contributed by atoms with van der Waals surface area (Å²) < 4.78 is 12.8. The van der Waals surface area contributed by atoms with E-state index >= 15 is 0 Å². The van der Waals surface area contributed by atoms with Crippen molar-refractivity contribution in [1.82, 2.24) is 4.90 Å². The summed E-state index contributed by atoms with van der Waals surface area (Å²) in [5, 5.41) is 0. The van der Waals surface area contributed by atoms with Crippen molar-refractivity contribution in [3.63, 3.8) is 0 Å². The molecule has 114 valence electrons. The summed E-state index contributed by atoms with van der Waals surface area (Å²) >= 11 is 0. The Bertz CT molecular complexity index is 522. The van der Waals surface area contributed by atoms with Crippen LogP contribution in [0.1, 0.15) is 38.7 Å². The number of likely N-dealkylation sites (tertiary alicyclic amines) is 1. The predicted octanol–water partition coefficient (Wildman–Crippen LogP) is 2.98.